The Kier molecular flexibility index (Phi) is 6.36. The molecule has 11 heteroatoms. The minimum Gasteiger partial charge on any atom is -0.481 e. The van der Waals surface area contributed by atoms with E-state index in [0.717, 1.165) is 5.56 Å². The number of alkyl halides is 3. The summed E-state index contributed by atoms with van der Waals surface area (Å²) in [5, 5.41) is 9.39. The molecule has 1 fully saturated rings. The molecule has 34 heavy (non-hydrogen) atoms. The second kappa shape index (κ2) is 8.84. The Labute approximate surface area is 200 Å². The highest BCUT2D eigenvalue weighted by Crippen LogP contribution is 2.39. The lowest BCUT2D eigenvalue weighted by atomic mass is 10.1. The van der Waals surface area contributed by atoms with Gasteiger partial charge in [-0.3, -0.25) is 9.10 Å². The number of carboxylic acids is 1. The Balaban J connectivity index is 1.56. The van der Waals surface area contributed by atoms with E-state index in [1.807, 2.05) is 4.90 Å². The zero-order valence-electron chi connectivity index (χ0n) is 18.2. The average molecular weight is 513 g/mol. The molecule has 1 N–H and O–H groups in total. The maximum atomic E-state index is 13.7. The minimum absolute atomic E-state index is 0.0712. The van der Waals surface area contributed by atoms with E-state index in [9.17, 15) is 31.5 Å². The topological polar surface area (TPSA) is 77.9 Å². The number of aliphatic carboxylic acids is 1. The molecule has 0 saturated carbocycles. The highest BCUT2D eigenvalue weighted by atomic mass is 32.2. The molecule has 0 bridgehead atoms. The van der Waals surface area contributed by atoms with Crippen molar-refractivity contribution >= 4 is 33.4 Å². The van der Waals surface area contributed by atoms with Crippen LogP contribution in [0.25, 0.3) is 0 Å². The van der Waals surface area contributed by atoms with Crippen LogP contribution in [0.2, 0.25) is 0 Å². The smallest absolute Gasteiger partial charge is 0.446 e. The standard InChI is InChI=1S/C23H23F3N2O4S2/c1-14-12-27(18-6-8-19(9-7-18)33-23(24,25)26)13-15(2)28(14)34(31,32)21-5-3-4-16-10-17(22(29)30)11-20(16)21/h3-9,15,17H,1,10-13H2,2H3,(H,29,30)/t15-,17?/m0/s1. The summed E-state index contributed by atoms with van der Waals surface area (Å²) in [5.41, 5.74) is -2.11. The lowest BCUT2D eigenvalue weighted by Gasteiger charge is -2.42. The van der Waals surface area contributed by atoms with Gasteiger partial charge >= 0.3 is 11.5 Å². The number of hydrogen-bond acceptors (Lipinski definition) is 5. The van der Waals surface area contributed by atoms with Crippen LogP contribution in [0, 0.1) is 5.92 Å². The molecule has 2 aliphatic rings. The van der Waals surface area contributed by atoms with Crippen LogP contribution in [0.1, 0.15) is 18.1 Å². The molecular weight excluding hydrogens is 489 g/mol. The van der Waals surface area contributed by atoms with Crippen LogP contribution >= 0.6 is 11.8 Å². The molecule has 182 valence electrons. The van der Waals surface area contributed by atoms with E-state index in [0.29, 0.717) is 29.9 Å². The molecule has 1 heterocycles. The largest absolute Gasteiger partial charge is 0.481 e. The summed E-state index contributed by atoms with van der Waals surface area (Å²) < 4.78 is 66.3. The molecule has 0 spiro atoms. The number of piperazine rings is 1. The van der Waals surface area contributed by atoms with Crippen LogP contribution in [-0.2, 0) is 27.7 Å². The fourth-order valence-corrected chi connectivity index (χ4v) is 7.13. The van der Waals surface area contributed by atoms with E-state index in [1.165, 1.54) is 22.5 Å². The van der Waals surface area contributed by atoms with Gasteiger partial charge in [0.05, 0.1) is 23.4 Å². The predicted molar refractivity (Wildman–Crippen MR) is 123 cm³/mol. The Morgan fingerprint density at radius 2 is 1.82 bits per heavy atom. The van der Waals surface area contributed by atoms with Crippen LogP contribution < -0.4 is 4.90 Å². The monoisotopic (exact) mass is 512 g/mol. The van der Waals surface area contributed by atoms with Gasteiger partial charge in [-0.2, -0.15) is 13.2 Å². The van der Waals surface area contributed by atoms with Gasteiger partial charge in [-0.1, -0.05) is 18.7 Å². The van der Waals surface area contributed by atoms with Gasteiger partial charge in [-0.25, -0.2) is 8.42 Å². The van der Waals surface area contributed by atoms with Gasteiger partial charge in [0.2, 0.25) is 0 Å². The number of carbonyl (C=O) groups is 1. The predicted octanol–water partition coefficient (Wildman–Crippen LogP) is 4.51. The third kappa shape index (κ3) is 4.76. The molecule has 1 saturated heterocycles. The number of fused-ring (bicyclic) bond motifs is 1. The molecule has 2 aromatic carbocycles. The highest BCUT2D eigenvalue weighted by Gasteiger charge is 2.39. The van der Waals surface area contributed by atoms with Gasteiger partial charge in [0, 0.05) is 22.8 Å². The summed E-state index contributed by atoms with van der Waals surface area (Å²) in [4.78, 5) is 13.5. The number of anilines is 1. The first-order chi connectivity index (χ1) is 15.9. The van der Waals surface area contributed by atoms with Crippen molar-refractivity contribution in [3.8, 4) is 0 Å². The van der Waals surface area contributed by atoms with Crippen molar-refractivity contribution in [3.63, 3.8) is 0 Å². The fourth-order valence-electron chi connectivity index (χ4n) is 4.66. The number of hydrogen-bond donors (Lipinski definition) is 1. The second-order valence-electron chi connectivity index (χ2n) is 8.48. The van der Waals surface area contributed by atoms with Crippen molar-refractivity contribution in [3.05, 3.63) is 65.9 Å². The van der Waals surface area contributed by atoms with E-state index in [-0.39, 0.29) is 34.5 Å². The number of sulfonamides is 1. The van der Waals surface area contributed by atoms with Crippen LogP contribution in [-0.4, -0.2) is 48.4 Å². The fraction of sp³-hybridized carbons (Fsp3) is 0.348. The third-order valence-electron chi connectivity index (χ3n) is 6.04. The summed E-state index contributed by atoms with van der Waals surface area (Å²) in [5.74, 6) is -1.60. The maximum Gasteiger partial charge on any atom is 0.446 e. The minimum atomic E-state index is -4.37. The van der Waals surface area contributed by atoms with Gasteiger partial charge in [0.15, 0.2) is 0 Å². The number of nitrogens with zero attached hydrogens (tertiary/aromatic N) is 2. The first-order valence-electron chi connectivity index (χ1n) is 10.5. The summed E-state index contributed by atoms with van der Waals surface area (Å²) in [7, 11) is -3.98. The van der Waals surface area contributed by atoms with Crippen LogP contribution in [0.3, 0.4) is 0 Å². The van der Waals surface area contributed by atoms with Crippen LogP contribution in [0.15, 0.2) is 64.5 Å². The van der Waals surface area contributed by atoms with Crippen LogP contribution in [0.4, 0.5) is 18.9 Å². The Bertz CT molecular complexity index is 1230. The van der Waals surface area contributed by atoms with Gasteiger partial charge in [0.25, 0.3) is 10.0 Å². The Morgan fingerprint density at radius 3 is 2.41 bits per heavy atom. The zero-order chi connectivity index (χ0) is 24.8. The van der Waals surface area contributed by atoms with Crippen molar-refractivity contribution in [2.75, 3.05) is 18.0 Å². The molecule has 0 amide bonds. The van der Waals surface area contributed by atoms with Crippen molar-refractivity contribution < 1.29 is 31.5 Å². The van der Waals surface area contributed by atoms with E-state index in [4.69, 9.17) is 0 Å². The second-order valence-corrected chi connectivity index (χ2v) is 11.4. The summed E-state index contributed by atoms with van der Waals surface area (Å²) in [6, 6.07) is 10.3. The van der Waals surface area contributed by atoms with E-state index in [1.54, 1.807) is 31.2 Å². The summed E-state index contributed by atoms with van der Waals surface area (Å²) in [6.45, 7) is 6.22. The molecule has 1 unspecified atom stereocenters. The van der Waals surface area contributed by atoms with Gasteiger partial charge in [0.1, 0.15) is 0 Å². The quantitative estimate of drug-likeness (QED) is 0.594. The normalized spacial score (nSPS) is 21.0. The van der Waals surface area contributed by atoms with E-state index in [2.05, 4.69) is 6.58 Å². The van der Waals surface area contributed by atoms with Gasteiger partial charge < -0.3 is 10.0 Å². The number of benzene rings is 2. The SMILES string of the molecule is C=C1CN(c2ccc(SC(F)(F)F)cc2)C[C@H](C)N1S(=O)(=O)c1cccc2c1CC(C(=O)O)C2. The maximum absolute atomic E-state index is 13.7. The van der Waals surface area contributed by atoms with Crippen molar-refractivity contribution in [1.82, 2.24) is 4.31 Å². The third-order valence-corrected chi connectivity index (χ3v) is 8.85. The number of halogens is 3. The number of carboxylic acid groups (broad SMARTS) is 1. The number of thioether (sulfide) groups is 1. The van der Waals surface area contributed by atoms with Crippen molar-refractivity contribution in [2.24, 2.45) is 5.92 Å². The molecule has 4 rings (SSSR count). The Hall–Kier alpha value is -2.66. The molecule has 1 aliphatic heterocycles. The highest BCUT2D eigenvalue weighted by molar-refractivity contribution is 8.00. The van der Waals surface area contributed by atoms with Gasteiger partial charge in [-0.05, 0) is 73.0 Å². The lowest BCUT2D eigenvalue weighted by Crippen LogP contribution is -2.52. The van der Waals surface area contributed by atoms with E-state index < -0.39 is 33.5 Å². The first-order valence-corrected chi connectivity index (χ1v) is 12.8. The number of rotatable bonds is 5. The first kappa shape index (κ1) is 24.5. The molecule has 2 atom stereocenters. The van der Waals surface area contributed by atoms with Crippen molar-refractivity contribution in [1.29, 1.82) is 0 Å². The molecule has 6 nitrogen and oxygen atoms in total. The van der Waals surface area contributed by atoms with Crippen LogP contribution in [0.5, 0.6) is 0 Å². The zero-order valence-corrected chi connectivity index (χ0v) is 19.9. The summed E-state index contributed by atoms with van der Waals surface area (Å²) in [6.07, 6.45) is 0.449. The molecule has 0 aromatic heterocycles. The van der Waals surface area contributed by atoms with E-state index >= 15 is 0 Å². The lowest BCUT2D eigenvalue weighted by molar-refractivity contribution is -0.141. The summed E-state index contributed by atoms with van der Waals surface area (Å²) >= 11 is -0.190. The molecule has 2 aromatic rings. The Morgan fingerprint density at radius 1 is 1.15 bits per heavy atom. The van der Waals surface area contributed by atoms with Crippen molar-refractivity contribution in [2.45, 2.75) is 41.1 Å². The average Bonchev–Trinajstić information content (AvgIpc) is 3.17. The molecular formula is C23H23F3N2O4S2. The molecule has 0 radical (unpaired) electrons. The van der Waals surface area contributed by atoms with Gasteiger partial charge in [-0.15, -0.1) is 0 Å². The molecule has 1 aliphatic carbocycles.